The number of hydrazone groups is 1. The summed E-state index contributed by atoms with van der Waals surface area (Å²) < 4.78 is 0. The summed E-state index contributed by atoms with van der Waals surface area (Å²) in [6, 6.07) is 2.21. The summed E-state index contributed by atoms with van der Waals surface area (Å²) in [5.41, 5.74) is 5.06. The van der Waals surface area contributed by atoms with Gasteiger partial charge in [0.25, 0.3) is 0 Å². The van der Waals surface area contributed by atoms with Gasteiger partial charge in [-0.05, 0) is 20.3 Å². The molecule has 0 aliphatic rings. The molecule has 0 fully saturated rings. The van der Waals surface area contributed by atoms with Crippen LogP contribution in [0.25, 0.3) is 0 Å². The lowest BCUT2D eigenvalue weighted by molar-refractivity contribution is 0.482. The van der Waals surface area contributed by atoms with Gasteiger partial charge in [0.15, 0.2) is 5.17 Å². The van der Waals surface area contributed by atoms with E-state index in [1.807, 2.05) is 13.8 Å². The van der Waals surface area contributed by atoms with Crippen molar-refractivity contribution in [1.82, 2.24) is 0 Å². The van der Waals surface area contributed by atoms with Gasteiger partial charge >= 0.3 is 0 Å². The molecule has 0 radical (unpaired) electrons. The highest BCUT2D eigenvalue weighted by Gasteiger charge is 2.15. The van der Waals surface area contributed by atoms with Crippen LogP contribution in [0.4, 0.5) is 0 Å². The van der Waals surface area contributed by atoms with E-state index in [2.05, 4.69) is 11.2 Å². The van der Waals surface area contributed by atoms with Gasteiger partial charge in [0.1, 0.15) is 0 Å². The van der Waals surface area contributed by atoms with Gasteiger partial charge in [0.05, 0.1) is 11.5 Å². The summed E-state index contributed by atoms with van der Waals surface area (Å²) in [5.74, 6) is 5.70. The van der Waals surface area contributed by atoms with E-state index in [-0.39, 0.29) is 5.41 Å². The maximum Gasteiger partial charge on any atom is 0.177 e. The van der Waals surface area contributed by atoms with Crippen molar-refractivity contribution in [1.29, 1.82) is 5.26 Å². The van der Waals surface area contributed by atoms with Gasteiger partial charge in [-0.3, -0.25) is 0 Å². The Morgan fingerprint density at radius 3 is 2.67 bits per heavy atom. The van der Waals surface area contributed by atoms with E-state index in [4.69, 9.17) is 16.8 Å². The van der Waals surface area contributed by atoms with Gasteiger partial charge in [0, 0.05) is 5.75 Å². The number of nitrogens with two attached hydrogens (primary N) is 2. The molecule has 4 N–H and O–H groups in total. The monoisotopic (exact) mass is 186 g/mol. The zero-order valence-corrected chi connectivity index (χ0v) is 8.19. The first-order valence-electron chi connectivity index (χ1n) is 3.59. The van der Waals surface area contributed by atoms with E-state index >= 15 is 0 Å². The molecule has 0 aliphatic heterocycles. The third-order valence-corrected chi connectivity index (χ3v) is 2.22. The molecular weight excluding hydrogens is 172 g/mol. The topological polar surface area (TPSA) is 88.2 Å². The molecule has 0 bridgehead atoms. The van der Waals surface area contributed by atoms with Crippen molar-refractivity contribution in [3.05, 3.63) is 0 Å². The second-order valence-electron chi connectivity index (χ2n) is 3.06. The Bertz CT molecular complexity index is 204. The van der Waals surface area contributed by atoms with Gasteiger partial charge < -0.3 is 11.6 Å². The highest BCUT2D eigenvalue weighted by Crippen LogP contribution is 2.21. The van der Waals surface area contributed by atoms with Crippen LogP contribution >= 0.6 is 11.8 Å². The second-order valence-corrected chi connectivity index (χ2v) is 4.18. The highest BCUT2D eigenvalue weighted by molar-refractivity contribution is 8.13. The number of rotatable bonds is 3. The SMILES string of the molecule is CC(C)(C#N)CCSC(N)=NN. The Balaban J connectivity index is 3.66. The summed E-state index contributed by atoms with van der Waals surface area (Å²) in [6.45, 7) is 3.78. The van der Waals surface area contributed by atoms with Crippen LogP contribution < -0.4 is 11.6 Å². The first-order valence-corrected chi connectivity index (χ1v) is 4.58. The normalized spacial score (nSPS) is 12.6. The van der Waals surface area contributed by atoms with Crippen molar-refractivity contribution in [2.24, 2.45) is 22.1 Å². The minimum Gasteiger partial charge on any atom is -0.377 e. The first-order chi connectivity index (χ1) is 5.52. The molecule has 4 nitrogen and oxygen atoms in total. The fraction of sp³-hybridized carbons (Fsp3) is 0.714. The molecule has 0 saturated carbocycles. The van der Waals surface area contributed by atoms with E-state index in [0.29, 0.717) is 5.17 Å². The Morgan fingerprint density at radius 2 is 2.25 bits per heavy atom. The summed E-state index contributed by atoms with van der Waals surface area (Å²) >= 11 is 1.37. The molecule has 0 aromatic carbocycles. The fourth-order valence-electron chi connectivity index (χ4n) is 0.504. The largest absolute Gasteiger partial charge is 0.377 e. The Labute approximate surface area is 77.0 Å². The summed E-state index contributed by atoms with van der Waals surface area (Å²) in [5, 5.41) is 12.3. The fourth-order valence-corrected chi connectivity index (χ4v) is 1.40. The molecule has 0 amide bonds. The molecule has 12 heavy (non-hydrogen) atoms. The molecule has 0 saturated heterocycles. The molecule has 0 rings (SSSR count). The zero-order valence-electron chi connectivity index (χ0n) is 7.37. The van der Waals surface area contributed by atoms with Crippen molar-refractivity contribution in [2.75, 3.05) is 5.75 Å². The van der Waals surface area contributed by atoms with E-state index in [1.165, 1.54) is 11.8 Å². The smallest absolute Gasteiger partial charge is 0.177 e. The van der Waals surface area contributed by atoms with Gasteiger partial charge in [-0.1, -0.05) is 11.8 Å². The van der Waals surface area contributed by atoms with E-state index < -0.39 is 0 Å². The molecule has 0 atom stereocenters. The number of hydrogen-bond donors (Lipinski definition) is 2. The maximum absolute atomic E-state index is 8.67. The summed E-state index contributed by atoms with van der Waals surface area (Å²) in [6.07, 6.45) is 0.782. The van der Waals surface area contributed by atoms with Crippen LogP contribution in [0, 0.1) is 16.7 Å². The van der Waals surface area contributed by atoms with E-state index in [1.54, 1.807) is 0 Å². The third-order valence-electron chi connectivity index (χ3n) is 1.41. The summed E-state index contributed by atoms with van der Waals surface area (Å²) in [4.78, 5) is 0. The number of nitriles is 1. The molecule has 0 heterocycles. The van der Waals surface area contributed by atoms with Crippen molar-refractivity contribution in [3.63, 3.8) is 0 Å². The van der Waals surface area contributed by atoms with Gasteiger partial charge in [-0.2, -0.15) is 10.4 Å². The lowest BCUT2D eigenvalue weighted by Gasteiger charge is -2.13. The Hall–Kier alpha value is -0.890. The average molecular weight is 186 g/mol. The number of hydrogen-bond acceptors (Lipinski definition) is 4. The minimum atomic E-state index is -0.290. The molecule has 0 spiro atoms. The number of amidine groups is 1. The van der Waals surface area contributed by atoms with Crippen LogP contribution in [0.3, 0.4) is 0 Å². The van der Waals surface area contributed by atoms with Crippen molar-refractivity contribution in [2.45, 2.75) is 20.3 Å². The second kappa shape index (κ2) is 4.88. The molecule has 68 valence electrons. The lowest BCUT2D eigenvalue weighted by atomic mass is 9.93. The van der Waals surface area contributed by atoms with Crippen molar-refractivity contribution >= 4 is 16.9 Å². The molecule has 0 aromatic heterocycles. The molecule has 0 aromatic rings. The zero-order chi connectivity index (χ0) is 9.61. The minimum absolute atomic E-state index is 0.290. The van der Waals surface area contributed by atoms with Crippen LogP contribution in [0.1, 0.15) is 20.3 Å². The van der Waals surface area contributed by atoms with Gasteiger partial charge in [-0.15, -0.1) is 0 Å². The molecule has 0 aliphatic carbocycles. The first kappa shape index (κ1) is 11.1. The predicted molar refractivity (Wildman–Crippen MR) is 52.3 cm³/mol. The van der Waals surface area contributed by atoms with E-state index in [9.17, 15) is 0 Å². The summed E-state index contributed by atoms with van der Waals surface area (Å²) in [7, 11) is 0. The highest BCUT2D eigenvalue weighted by atomic mass is 32.2. The number of thioether (sulfide) groups is 1. The Morgan fingerprint density at radius 1 is 1.67 bits per heavy atom. The molecular formula is C7H14N4S. The van der Waals surface area contributed by atoms with Crippen molar-refractivity contribution < 1.29 is 0 Å². The number of nitrogens with zero attached hydrogens (tertiary/aromatic N) is 2. The quantitative estimate of drug-likeness (QED) is 0.296. The lowest BCUT2D eigenvalue weighted by Crippen LogP contribution is -2.13. The van der Waals surface area contributed by atoms with Crippen LogP contribution in [-0.2, 0) is 0 Å². The standard InChI is InChI=1S/C7H14N4S/c1-7(2,5-8)3-4-12-6(9)11-10/h3-4,10H2,1-2H3,(H2,9,11). The Kier molecular flexibility index (Phi) is 4.52. The molecule has 0 unspecified atom stereocenters. The van der Waals surface area contributed by atoms with Gasteiger partial charge in [-0.25, -0.2) is 0 Å². The van der Waals surface area contributed by atoms with Crippen LogP contribution in [0.2, 0.25) is 0 Å². The van der Waals surface area contributed by atoms with Crippen LogP contribution in [0.5, 0.6) is 0 Å². The van der Waals surface area contributed by atoms with E-state index in [0.717, 1.165) is 12.2 Å². The predicted octanol–water partition coefficient (Wildman–Crippen LogP) is 0.848. The van der Waals surface area contributed by atoms with Gasteiger partial charge in [0.2, 0.25) is 0 Å². The van der Waals surface area contributed by atoms with Crippen LogP contribution in [0.15, 0.2) is 5.10 Å². The molecule has 5 heteroatoms. The third kappa shape index (κ3) is 4.85. The van der Waals surface area contributed by atoms with Crippen molar-refractivity contribution in [3.8, 4) is 6.07 Å². The average Bonchev–Trinajstić information content (AvgIpc) is 2.04. The van der Waals surface area contributed by atoms with Crippen LogP contribution in [-0.4, -0.2) is 10.9 Å². The maximum atomic E-state index is 8.67.